The van der Waals surface area contributed by atoms with E-state index in [-0.39, 0.29) is 5.41 Å². The third-order valence-corrected chi connectivity index (χ3v) is 13.9. The summed E-state index contributed by atoms with van der Waals surface area (Å²) in [5.41, 5.74) is 18.0. The molecule has 0 saturated carbocycles. The highest BCUT2D eigenvalue weighted by atomic mass is 15.0. The topological polar surface area (TPSA) is 17.8 Å². The maximum Gasteiger partial charge on any atom is 0.0701 e. The molecule has 0 atom stereocenters. The van der Waals surface area contributed by atoms with E-state index in [1.165, 1.54) is 77.6 Å². The first-order chi connectivity index (χ1) is 31.1. The summed E-state index contributed by atoms with van der Waals surface area (Å²) in [6.45, 7) is 4.70. The molecular formula is C61H48N2. The maximum absolute atomic E-state index is 4.94. The van der Waals surface area contributed by atoms with E-state index in [1.54, 1.807) is 0 Å². The zero-order chi connectivity index (χ0) is 42.4. The van der Waals surface area contributed by atoms with Crippen LogP contribution in [0.25, 0.3) is 61.9 Å². The Hall–Kier alpha value is -7.55. The monoisotopic (exact) mass is 808 g/mol. The van der Waals surface area contributed by atoms with Crippen molar-refractivity contribution in [2.24, 2.45) is 0 Å². The van der Waals surface area contributed by atoms with Crippen LogP contribution < -0.4 is 0 Å². The number of hydrogen-bond acceptors (Lipinski definition) is 1. The van der Waals surface area contributed by atoms with Crippen molar-refractivity contribution in [3.63, 3.8) is 0 Å². The molecule has 0 spiro atoms. The minimum Gasteiger partial charge on any atom is -0.309 e. The molecule has 2 aromatic heterocycles. The number of pyridine rings is 1. The second-order valence-corrected chi connectivity index (χ2v) is 16.9. The molecule has 2 heterocycles. The van der Waals surface area contributed by atoms with Crippen molar-refractivity contribution < 1.29 is 0 Å². The van der Waals surface area contributed by atoms with Crippen molar-refractivity contribution in [3.8, 4) is 27.9 Å². The molecule has 63 heavy (non-hydrogen) atoms. The van der Waals surface area contributed by atoms with Gasteiger partial charge in [-0.05, 0) is 105 Å². The molecule has 11 rings (SSSR count). The van der Waals surface area contributed by atoms with Crippen LogP contribution in [0.1, 0.15) is 71.3 Å². The van der Waals surface area contributed by atoms with Gasteiger partial charge in [0, 0.05) is 33.6 Å². The van der Waals surface area contributed by atoms with Crippen molar-refractivity contribution in [1.82, 2.24) is 9.55 Å². The Morgan fingerprint density at radius 1 is 0.460 bits per heavy atom. The highest BCUT2D eigenvalue weighted by molar-refractivity contribution is 6.09. The van der Waals surface area contributed by atoms with Gasteiger partial charge >= 0.3 is 0 Å². The Balaban J connectivity index is 0.886. The molecule has 0 saturated heterocycles. The smallest absolute Gasteiger partial charge is 0.0701 e. The molecule has 0 unspecified atom stereocenters. The average molecular weight is 809 g/mol. The predicted octanol–water partition coefficient (Wildman–Crippen LogP) is 15.5. The van der Waals surface area contributed by atoms with Gasteiger partial charge in [-0.2, -0.15) is 0 Å². The minimum absolute atomic E-state index is 0.0678. The van der Waals surface area contributed by atoms with Crippen molar-refractivity contribution >= 4 is 34.0 Å². The van der Waals surface area contributed by atoms with Gasteiger partial charge in [0.15, 0.2) is 0 Å². The summed E-state index contributed by atoms with van der Waals surface area (Å²) in [6, 6.07) is 77.7. The quantitative estimate of drug-likeness (QED) is 0.126. The highest BCUT2D eigenvalue weighted by Crippen LogP contribution is 2.54. The van der Waals surface area contributed by atoms with Gasteiger partial charge in [-0.25, -0.2) is 0 Å². The molecule has 0 radical (unpaired) electrons. The summed E-state index contributed by atoms with van der Waals surface area (Å²) >= 11 is 0. The van der Waals surface area contributed by atoms with Crippen LogP contribution in [0.5, 0.6) is 0 Å². The van der Waals surface area contributed by atoms with Crippen LogP contribution in [0, 0.1) is 0 Å². The largest absolute Gasteiger partial charge is 0.309 e. The molecule has 0 amide bonds. The summed E-state index contributed by atoms with van der Waals surface area (Å²) in [6.07, 6.45) is 8.42. The van der Waals surface area contributed by atoms with Crippen molar-refractivity contribution in [3.05, 3.63) is 263 Å². The van der Waals surface area contributed by atoms with Gasteiger partial charge in [0.1, 0.15) is 0 Å². The van der Waals surface area contributed by atoms with Crippen molar-refractivity contribution in [1.29, 1.82) is 0 Å². The van der Waals surface area contributed by atoms with Gasteiger partial charge in [0.05, 0.1) is 22.1 Å². The normalized spacial score (nSPS) is 13.1. The lowest BCUT2D eigenvalue weighted by molar-refractivity contribution is 0.490. The third kappa shape index (κ3) is 6.20. The Kier molecular flexibility index (Phi) is 9.58. The van der Waals surface area contributed by atoms with E-state index in [0.717, 1.165) is 29.7 Å². The number of hydrogen-bond donors (Lipinski definition) is 0. The fraction of sp³-hybridized carbons (Fsp3) is 0.0984. The first-order valence-corrected chi connectivity index (χ1v) is 22.3. The molecule has 0 fully saturated rings. The summed E-state index contributed by atoms with van der Waals surface area (Å²) in [5.74, 6) is 0. The summed E-state index contributed by atoms with van der Waals surface area (Å²) < 4.78 is 2.44. The number of benzene rings is 8. The highest BCUT2D eigenvalue weighted by Gasteiger charge is 2.41. The van der Waals surface area contributed by atoms with Gasteiger partial charge in [-0.15, -0.1) is 0 Å². The lowest BCUT2D eigenvalue weighted by Crippen LogP contribution is -2.30. The van der Waals surface area contributed by atoms with Crippen LogP contribution in [0.2, 0.25) is 0 Å². The fourth-order valence-electron chi connectivity index (χ4n) is 10.8. The third-order valence-electron chi connectivity index (χ3n) is 13.9. The van der Waals surface area contributed by atoms with Crippen LogP contribution >= 0.6 is 0 Å². The summed E-state index contributed by atoms with van der Waals surface area (Å²) in [7, 11) is 0. The summed E-state index contributed by atoms with van der Waals surface area (Å²) in [5, 5.41) is 2.58. The van der Waals surface area contributed by atoms with E-state index in [4.69, 9.17) is 4.98 Å². The van der Waals surface area contributed by atoms with Gasteiger partial charge in [0.2, 0.25) is 0 Å². The van der Waals surface area contributed by atoms with E-state index in [0.29, 0.717) is 0 Å². The SMILES string of the molecule is CCC1(CC)c2cc(/C=C/c3ccc(-c4ccc(C(c5ccccc5)(c5ccccc5)c5ccccc5)cc4)cn3)ccc2-c2ccc(-n3c4ccccc4c4ccccc43)cc21. The van der Waals surface area contributed by atoms with Gasteiger partial charge in [0.25, 0.3) is 0 Å². The molecule has 0 aliphatic heterocycles. The summed E-state index contributed by atoms with van der Waals surface area (Å²) in [4.78, 5) is 4.94. The fourth-order valence-corrected chi connectivity index (χ4v) is 10.8. The second-order valence-electron chi connectivity index (χ2n) is 16.9. The van der Waals surface area contributed by atoms with Crippen LogP contribution in [0.3, 0.4) is 0 Å². The standard InChI is InChI=1S/C61H48N2/c1-3-60(4-2)56-40-43(29-38-52(56)53-39-37-51(41-57(53)60)63-58-26-16-14-24-54(58)55-25-15-17-27-59(55)63)28-35-50-36-32-45(42-62-50)44-30-33-49(34-31-44)61(46-18-8-5-9-19-46,47-20-10-6-11-21-47)48-22-12-7-13-23-48/h5-42H,3-4H2,1-2H3/b35-28+. The first kappa shape index (κ1) is 38.4. The molecule has 302 valence electrons. The van der Waals surface area contributed by atoms with E-state index < -0.39 is 5.41 Å². The van der Waals surface area contributed by atoms with Gasteiger partial charge in [-0.1, -0.05) is 202 Å². The Morgan fingerprint density at radius 3 is 1.49 bits per heavy atom. The van der Waals surface area contributed by atoms with Crippen LogP contribution in [0.15, 0.2) is 219 Å². The number of aromatic nitrogens is 2. The molecule has 1 aliphatic carbocycles. The molecule has 0 N–H and O–H groups in total. The van der Waals surface area contributed by atoms with Gasteiger partial charge in [-0.3, -0.25) is 4.98 Å². The Morgan fingerprint density at radius 2 is 0.952 bits per heavy atom. The number of rotatable bonds is 10. The number of para-hydroxylation sites is 2. The average Bonchev–Trinajstić information content (AvgIpc) is 3.84. The zero-order valence-electron chi connectivity index (χ0n) is 35.7. The Bertz CT molecular complexity index is 3110. The number of nitrogens with zero attached hydrogens (tertiary/aromatic N) is 2. The zero-order valence-corrected chi connectivity index (χ0v) is 35.7. The molecule has 0 bridgehead atoms. The first-order valence-electron chi connectivity index (χ1n) is 22.3. The van der Waals surface area contributed by atoms with Crippen molar-refractivity contribution in [2.75, 3.05) is 0 Å². The number of fused-ring (bicyclic) bond motifs is 6. The Labute approximate surface area is 370 Å². The maximum atomic E-state index is 4.94. The van der Waals surface area contributed by atoms with Crippen LogP contribution in [-0.2, 0) is 10.8 Å². The molecule has 8 aromatic carbocycles. The van der Waals surface area contributed by atoms with E-state index in [2.05, 4.69) is 243 Å². The molecular weight excluding hydrogens is 761 g/mol. The lowest BCUT2D eigenvalue weighted by Gasteiger charge is -2.37. The minimum atomic E-state index is -0.472. The molecule has 10 aromatic rings. The second kappa shape index (κ2) is 15.7. The van der Waals surface area contributed by atoms with Crippen LogP contribution in [-0.4, -0.2) is 9.55 Å². The van der Waals surface area contributed by atoms with E-state index in [1.807, 2.05) is 6.20 Å². The predicted molar refractivity (Wildman–Crippen MR) is 264 cm³/mol. The molecule has 2 heteroatoms. The molecule has 1 aliphatic rings. The van der Waals surface area contributed by atoms with E-state index in [9.17, 15) is 0 Å². The molecule has 2 nitrogen and oxygen atoms in total. The lowest BCUT2D eigenvalue weighted by atomic mass is 9.65. The van der Waals surface area contributed by atoms with Crippen molar-refractivity contribution in [2.45, 2.75) is 37.5 Å². The van der Waals surface area contributed by atoms with Crippen LogP contribution in [0.4, 0.5) is 0 Å². The van der Waals surface area contributed by atoms with Gasteiger partial charge < -0.3 is 4.57 Å². The van der Waals surface area contributed by atoms with E-state index >= 15 is 0 Å².